The predicted molar refractivity (Wildman–Crippen MR) is 72.7 cm³/mol. The zero-order valence-corrected chi connectivity index (χ0v) is 11.3. The molecule has 0 spiro atoms. The Kier molecular flexibility index (Phi) is 3.38. The number of benzene rings is 1. The fourth-order valence-electron chi connectivity index (χ4n) is 2.21. The SMILES string of the molecule is COC1=CC(=O)C(=O)C=C1C(C)(C)c1ccccc1. The molecule has 0 radical (unpaired) electrons. The predicted octanol–water partition coefficient (Wildman–Crippen LogP) is 2.57. The average molecular weight is 256 g/mol. The molecular formula is C16H16O3. The van der Waals surface area contributed by atoms with Crippen molar-refractivity contribution in [1.82, 2.24) is 0 Å². The second-order valence-corrected chi connectivity index (χ2v) is 4.99. The first-order valence-corrected chi connectivity index (χ1v) is 6.09. The number of carbonyl (C=O) groups is 2. The van der Waals surface area contributed by atoms with Gasteiger partial charge in [0, 0.05) is 17.1 Å². The first-order valence-electron chi connectivity index (χ1n) is 6.09. The number of methoxy groups -OCH3 is 1. The van der Waals surface area contributed by atoms with Crippen molar-refractivity contribution in [3.63, 3.8) is 0 Å². The Balaban J connectivity index is 2.51. The molecule has 0 atom stereocenters. The van der Waals surface area contributed by atoms with Gasteiger partial charge in [-0.3, -0.25) is 9.59 Å². The number of hydrogen-bond acceptors (Lipinski definition) is 3. The number of ketones is 2. The molecule has 2 rings (SSSR count). The molecule has 19 heavy (non-hydrogen) atoms. The van der Waals surface area contributed by atoms with E-state index in [1.54, 1.807) is 0 Å². The Labute approximate surface area is 112 Å². The smallest absolute Gasteiger partial charge is 0.229 e. The number of carbonyl (C=O) groups excluding carboxylic acids is 2. The van der Waals surface area contributed by atoms with Gasteiger partial charge in [-0.2, -0.15) is 0 Å². The lowest BCUT2D eigenvalue weighted by molar-refractivity contribution is -0.131. The second kappa shape index (κ2) is 4.84. The molecule has 1 aromatic rings. The van der Waals surface area contributed by atoms with Crippen molar-refractivity contribution in [2.45, 2.75) is 19.3 Å². The van der Waals surface area contributed by atoms with Crippen LogP contribution in [-0.4, -0.2) is 18.7 Å². The normalized spacial score (nSPS) is 15.9. The van der Waals surface area contributed by atoms with Gasteiger partial charge in [0.15, 0.2) is 0 Å². The van der Waals surface area contributed by atoms with Crippen LogP contribution >= 0.6 is 0 Å². The lowest BCUT2D eigenvalue weighted by Gasteiger charge is -2.30. The number of rotatable bonds is 3. The summed E-state index contributed by atoms with van der Waals surface area (Å²) in [6.45, 7) is 4.01. The van der Waals surface area contributed by atoms with Crippen molar-refractivity contribution in [1.29, 1.82) is 0 Å². The molecule has 0 N–H and O–H groups in total. The lowest BCUT2D eigenvalue weighted by atomic mass is 9.75. The molecule has 1 aliphatic carbocycles. The van der Waals surface area contributed by atoms with Crippen LogP contribution in [0.3, 0.4) is 0 Å². The molecule has 0 saturated heterocycles. The van der Waals surface area contributed by atoms with E-state index in [4.69, 9.17) is 4.74 Å². The minimum atomic E-state index is -0.538. The summed E-state index contributed by atoms with van der Waals surface area (Å²) >= 11 is 0. The Hall–Kier alpha value is -2.16. The third-order valence-corrected chi connectivity index (χ3v) is 3.43. The van der Waals surface area contributed by atoms with Gasteiger partial charge in [0.2, 0.25) is 11.6 Å². The van der Waals surface area contributed by atoms with E-state index in [2.05, 4.69) is 0 Å². The minimum absolute atomic E-state index is 0.403. The molecule has 0 amide bonds. The molecule has 1 aliphatic rings. The largest absolute Gasteiger partial charge is 0.496 e. The van der Waals surface area contributed by atoms with Gasteiger partial charge < -0.3 is 4.74 Å². The molecule has 1 aromatic carbocycles. The molecule has 0 bridgehead atoms. The van der Waals surface area contributed by atoms with Crippen LogP contribution in [0.25, 0.3) is 0 Å². The highest BCUT2D eigenvalue weighted by atomic mass is 16.5. The summed E-state index contributed by atoms with van der Waals surface area (Å²) in [4.78, 5) is 23.0. The van der Waals surface area contributed by atoms with E-state index in [-0.39, 0.29) is 0 Å². The van der Waals surface area contributed by atoms with Gasteiger partial charge in [-0.05, 0) is 11.6 Å². The van der Waals surface area contributed by atoms with Crippen molar-refractivity contribution >= 4 is 11.6 Å². The van der Waals surface area contributed by atoms with Crippen LogP contribution in [0.4, 0.5) is 0 Å². The number of hydrogen-bond donors (Lipinski definition) is 0. The summed E-state index contributed by atoms with van der Waals surface area (Å²) < 4.78 is 5.25. The summed E-state index contributed by atoms with van der Waals surface area (Å²) in [6, 6.07) is 9.83. The zero-order chi connectivity index (χ0) is 14.0. The summed E-state index contributed by atoms with van der Waals surface area (Å²) in [5, 5.41) is 0. The topological polar surface area (TPSA) is 43.4 Å². The number of allylic oxidation sites excluding steroid dienone is 3. The lowest BCUT2D eigenvalue weighted by Crippen LogP contribution is -2.27. The maximum atomic E-state index is 11.6. The van der Waals surface area contributed by atoms with E-state index >= 15 is 0 Å². The van der Waals surface area contributed by atoms with Gasteiger partial charge >= 0.3 is 0 Å². The molecule has 0 unspecified atom stereocenters. The maximum Gasteiger partial charge on any atom is 0.229 e. The van der Waals surface area contributed by atoms with Gasteiger partial charge in [0.1, 0.15) is 5.76 Å². The molecule has 0 fully saturated rings. The highest BCUT2D eigenvalue weighted by molar-refractivity contribution is 6.46. The van der Waals surface area contributed by atoms with Crippen LogP contribution in [-0.2, 0) is 19.7 Å². The molecule has 0 heterocycles. The Morgan fingerprint density at radius 2 is 1.53 bits per heavy atom. The fourth-order valence-corrected chi connectivity index (χ4v) is 2.21. The average Bonchev–Trinajstić information content (AvgIpc) is 2.42. The molecule has 3 nitrogen and oxygen atoms in total. The summed E-state index contributed by atoms with van der Waals surface area (Å²) in [6.07, 6.45) is 2.65. The van der Waals surface area contributed by atoms with Crippen LogP contribution in [0.1, 0.15) is 19.4 Å². The van der Waals surface area contributed by atoms with Gasteiger partial charge in [0.25, 0.3) is 0 Å². The number of ether oxygens (including phenoxy) is 1. The fraction of sp³-hybridized carbons (Fsp3) is 0.250. The van der Waals surface area contributed by atoms with Gasteiger partial charge in [-0.1, -0.05) is 44.2 Å². The van der Waals surface area contributed by atoms with E-state index < -0.39 is 17.0 Å². The van der Waals surface area contributed by atoms with Crippen LogP contribution < -0.4 is 0 Å². The summed E-state index contributed by atoms with van der Waals surface area (Å²) in [5.74, 6) is -0.581. The molecular weight excluding hydrogens is 240 g/mol. The van der Waals surface area contributed by atoms with Crippen molar-refractivity contribution in [3.8, 4) is 0 Å². The van der Waals surface area contributed by atoms with Crippen LogP contribution in [0.2, 0.25) is 0 Å². The Morgan fingerprint density at radius 3 is 2.11 bits per heavy atom. The van der Waals surface area contributed by atoms with Gasteiger partial charge in [-0.15, -0.1) is 0 Å². The molecule has 0 saturated carbocycles. The molecule has 3 heteroatoms. The standard InChI is InChI=1S/C16H16O3/c1-16(2,11-7-5-4-6-8-11)12-9-13(17)14(18)10-15(12)19-3/h4-10H,1-3H3. The van der Waals surface area contributed by atoms with Crippen molar-refractivity contribution < 1.29 is 14.3 Å². The summed E-state index contributed by atoms with van der Waals surface area (Å²) in [5.41, 5.74) is 1.39. The van der Waals surface area contributed by atoms with Gasteiger partial charge in [0.05, 0.1) is 7.11 Å². The van der Waals surface area contributed by atoms with E-state index in [0.717, 1.165) is 11.1 Å². The van der Waals surface area contributed by atoms with Crippen LogP contribution in [0, 0.1) is 0 Å². The van der Waals surface area contributed by atoms with Crippen molar-refractivity contribution in [2.24, 2.45) is 0 Å². The van der Waals surface area contributed by atoms with Crippen LogP contribution in [0.15, 0.2) is 53.8 Å². The first kappa shape index (κ1) is 13.3. The zero-order valence-electron chi connectivity index (χ0n) is 11.3. The van der Waals surface area contributed by atoms with Crippen molar-refractivity contribution in [3.05, 3.63) is 59.4 Å². The molecule has 0 aromatic heterocycles. The minimum Gasteiger partial charge on any atom is -0.496 e. The highest BCUT2D eigenvalue weighted by Gasteiger charge is 2.33. The highest BCUT2D eigenvalue weighted by Crippen LogP contribution is 2.37. The summed E-state index contributed by atoms with van der Waals surface area (Å²) in [7, 11) is 1.50. The molecule has 0 aliphatic heterocycles. The Bertz CT molecular complexity index is 577. The second-order valence-electron chi connectivity index (χ2n) is 4.99. The van der Waals surface area contributed by atoms with E-state index in [1.807, 2.05) is 44.2 Å². The van der Waals surface area contributed by atoms with Gasteiger partial charge in [-0.25, -0.2) is 0 Å². The maximum absolute atomic E-state index is 11.6. The van der Waals surface area contributed by atoms with Crippen LogP contribution in [0.5, 0.6) is 0 Å². The quantitative estimate of drug-likeness (QED) is 0.616. The van der Waals surface area contributed by atoms with E-state index in [0.29, 0.717) is 5.76 Å². The van der Waals surface area contributed by atoms with E-state index in [1.165, 1.54) is 19.3 Å². The Morgan fingerprint density at radius 1 is 0.947 bits per heavy atom. The first-order chi connectivity index (χ1) is 8.96. The third-order valence-electron chi connectivity index (χ3n) is 3.43. The van der Waals surface area contributed by atoms with Crippen molar-refractivity contribution in [2.75, 3.05) is 7.11 Å². The third kappa shape index (κ3) is 2.36. The molecule has 98 valence electrons. The monoisotopic (exact) mass is 256 g/mol. The van der Waals surface area contributed by atoms with E-state index in [9.17, 15) is 9.59 Å².